The number of hydrogen-bond donors (Lipinski definition) is 1. The first-order chi connectivity index (χ1) is 11.1. The average Bonchev–Trinajstić information content (AvgIpc) is 2.81. The normalized spacial score (nSPS) is 22.5. The van der Waals surface area contributed by atoms with Crippen LogP contribution in [0.5, 0.6) is 0 Å². The van der Waals surface area contributed by atoms with Crippen molar-refractivity contribution < 1.29 is 4.79 Å². The van der Waals surface area contributed by atoms with Gasteiger partial charge in [0.15, 0.2) is 0 Å². The van der Waals surface area contributed by atoms with Crippen LogP contribution in [0.25, 0.3) is 10.9 Å². The molecule has 3 rings (SSSR count). The molecule has 1 aliphatic heterocycles. The molecule has 2 unspecified atom stereocenters. The van der Waals surface area contributed by atoms with Gasteiger partial charge >= 0.3 is 0 Å². The Kier molecular flexibility index (Phi) is 4.69. The van der Waals surface area contributed by atoms with Gasteiger partial charge in [-0.3, -0.25) is 9.89 Å². The van der Waals surface area contributed by atoms with Gasteiger partial charge in [0.05, 0.1) is 17.6 Å². The van der Waals surface area contributed by atoms with Crippen LogP contribution in [0.1, 0.15) is 45.7 Å². The zero-order chi connectivity index (χ0) is 16.4. The van der Waals surface area contributed by atoms with Gasteiger partial charge in [0.25, 0.3) is 0 Å². The number of amides is 1. The van der Waals surface area contributed by atoms with Crippen molar-refractivity contribution in [3.63, 3.8) is 0 Å². The Morgan fingerprint density at radius 1 is 1.30 bits per heavy atom. The summed E-state index contributed by atoms with van der Waals surface area (Å²) in [5, 5.41) is 8.42. The standard InChI is InChI=1S/C19H27N3O/c1-13(2)18-9-8-14(3)10-11-22(18)19(23)12-17-15-6-4-5-7-16(15)20-21-17/h4-7,13-14,18H,8-12H2,1-3H3,(H,20,21). The maximum atomic E-state index is 13.0. The molecular weight excluding hydrogens is 286 g/mol. The zero-order valence-corrected chi connectivity index (χ0v) is 14.4. The largest absolute Gasteiger partial charge is 0.339 e. The van der Waals surface area contributed by atoms with Crippen LogP contribution in [-0.2, 0) is 11.2 Å². The molecule has 2 atom stereocenters. The summed E-state index contributed by atoms with van der Waals surface area (Å²) in [6.45, 7) is 7.64. The minimum atomic E-state index is 0.229. The molecule has 0 bridgehead atoms. The number of rotatable bonds is 3. The van der Waals surface area contributed by atoms with E-state index in [1.807, 2.05) is 24.3 Å². The van der Waals surface area contributed by atoms with E-state index in [0.29, 0.717) is 24.3 Å². The molecule has 4 heteroatoms. The Balaban J connectivity index is 1.80. The second-order valence-electron chi connectivity index (χ2n) is 7.27. The number of hydrogen-bond acceptors (Lipinski definition) is 2. The molecule has 2 heterocycles. The third-order valence-electron chi connectivity index (χ3n) is 5.18. The van der Waals surface area contributed by atoms with Crippen LogP contribution in [-0.4, -0.2) is 33.6 Å². The summed E-state index contributed by atoms with van der Waals surface area (Å²) < 4.78 is 0. The van der Waals surface area contributed by atoms with E-state index >= 15 is 0 Å². The number of aromatic amines is 1. The quantitative estimate of drug-likeness (QED) is 0.937. The number of fused-ring (bicyclic) bond motifs is 1. The van der Waals surface area contributed by atoms with Gasteiger partial charge in [0, 0.05) is 18.0 Å². The fourth-order valence-corrected chi connectivity index (χ4v) is 3.69. The van der Waals surface area contributed by atoms with E-state index in [9.17, 15) is 4.79 Å². The van der Waals surface area contributed by atoms with Crippen LogP contribution >= 0.6 is 0 Å². The molecule has 1 N–H and O–H groups in total. The Hall–Kier alpha value is -1.84. The molecule has 1 aliphatic rings. The predicted octanol–water partition coefficient (Wildman–Crippen LogP) is 3.78. The molecule has 23 heavy (non-hydrogen) atoms. The zero-order valence-electron chi connectivity index (χ0n) is 14.4. The molecule has 1 amide bonds. The van der Waals surface area contributed by atoms with Gasteiger partial charge in [0.1, 0.15) is 0 Å². The van der Waals surface area contributed by atoms with Gasteiger partial charge in [-0.25, -0.2) is 0 Å². The number of nitrogens with zero attached hydrogens (tertiary/aromatic N) is 2. The number of likely N-dealkylation sites (tertiary alicyclic amines) is 1. The van der Waals surface area contributed by atoms with Gasteiger partial charge in [0.2, 0.25) is 5.91 Å². The molecule has 1 aromatic heterocycles. The van der Waals surface area contributed by atoms with Crippen molar-refractivity contribution in [2.75, 3.05) is 6.54 Å². The Morgan fingerprint density at radius 2 is 2.09 bits per heavy atom. The molecule has 124 valence electrons. The lowest BCUT2D eigenvalue weighted by Gasteiger charge is -2.33. The van der Waals surface area contributed by atoms with Gasteiger partial charge < -0.3 is 4.90 Å². The average molecular weight is 313 g/mol. The molecule has 1 saturated heterocycles. The van der Waals surface area contributed by atoms with Crippen molar-refractivity contribution >= 4 is 16.8 Å². The van der Waals surface area contributed by atoms with E-state index < -0.39 is 0 Å². The number of carbonyl (C=O) groups is 1. The van der Waals surface area contributed by atoms with Crippen LogP contribution in [0.3, 0.4) is 0 Å². The Morgan fingerprint density at radius 3 is 2.87 bits per heavy atom. The highest BCUT2D eigenvalue weighted by Gasteiger charge is 2.29. The van der Waals surface area contributed by atoms with Gasteiger partial charge in [-0.15, -0.1) is 0 Å². The lowest BCUT2D eigenvalue weighted by Crippen LogP contribution is -2.43. The molecule has 1 aromatic carbocycles. The first-order valence-corrected chi connectivity index (χ1v) is 8.77. The molecule has 0 radical (unpaired) electrons. The van der Waals surface area contributed by atoms with Crippen molar-refractivity contribution in [1.29, 1.82) is 0 Å². The van der Waals surface area contributed by atoms with Crippen molar-refractivity contribution in [2.45, 2.75) is 52.5 Å². The van der Waals surface area contributed by atoms with Gasteiger partial charge in [-0.1, -0.05) is 39.0 Å². The molecule has 4 nitrogen and oxygen atoms in total. The molecule has 0 spiro atoms. The first-order valence-electron chi connectivity index (χ1n) is 8.77. The highest BCUT2D eigenvalue weighted by molar-refractivity contribution is 5.87. The molecule has 0 saturated carbocycles. The predicted molar refractivity (Wildman–Crippen MR) is 93.2 cm³/mol. The number of aromatic nitrogens is 2. The Labute approximate surface area is 138 Å². The smallest absolute Gasteiger partial charge is 0.228 e. The topological polar surface area (TPSA) is 49.0 Å². The second kappa shape index (κ2) is 6.73. The number of para-hydroxylation sites is 1. The van der Waals surface area contributed by atoms with Crippen molar-refractivity contribution in [3.8, 4) is 0 Å². The summed E-state index contributed by atoms with van der Waals surface area (Å²) in [6.07, 6.45) is 3.87. The monoisotopic (exact) mass is 313 g/mol. The summed E-state index contributed by atoms with van der Waals surface area (Å²) in [4.78, 5) is 15.1. The van der Waals surface area contributed by atoms with Crippen LogP contribution in [0.4, 0.5) is 0 Å². The minimum Gasteiger partial charge on any atom is -0.339 e. The van der Waals surface area contributed by atoms with Gasteiger partial charge in [-0.05, 0) is 37.2 Å². The van der Waals surface area contributed by atoms with Gasteiger partial charge in [-0.2, -0.15) is 5.10 Å². The van der Waals surface area contributed by atoms with Crippen LogP contribution in [0.15, 0.2) is 24.3 Å². The SMILES string of the molecule is CC1CCC(C(C)C)N(C(=O)Cc2[nH]nc3ccccc23)CC1. The maximum absolute atomic E-state index is 13.0. The van der Waals surface area contributed by atoms with E-state index in [4.69, 9.17) is 0 Å². The van der Waals surface area contributed by atoms with Crippen LogP contribution in [0.2, 0.25) is 0 Å². The Bertz CT molecular complexity index is 676. The summed E-state index contributed by atoms with van der Waals surface area (Å²) >= 11 is 0. The highest BCUT2D eigenvalue weighted by Crippen LogP contribution is 2.27. The van der Waals surface area contributed by atoms with Crippen molar-refractivity contribution in [1.82, 2.24) is 15.1 Å². The molecule has 2 aromatic rings. The summed E-state index contributed by atoms with van der Waals surface area (Å²) in [7, 11) is 0. The summed E-state index contributed by atoms with van der Waals surface area (Å²) in [5.74, 6) is 1.44. The van der Waals surface area contributed by atoms with E-state index in [1.54, 1.807) is 0 Å². The minimum absolute atomic E-state index is 0.229. The summed E-state index contributed by atoms with van der Waals surface area (Å²) in [6, 6.07) is 8.34. The van der Waals surface area contributed by atoms with E-state index in [-0.39, 0.29) is 5.91 Å². The van der Waals surface area contributed by atoms with E-state index in [2.05, 4.69) is 35.9 Å². The highest BCUT2D eigenvalue weighted by atomic mass is 16.2. The third kappa shape index (κ3) is 3.41. The fraction of sp³-hybridized carbons (Fsp3) is 0.579. The van der Waals surface area contributed by atoms with E-state index in [1.165, 1.54) is 6.42 Å². The van der Waals surface area contributed by atoms with Crippen LogP contribution < -0.4 is 0 Å². The van der Waals surface area contributed by atoms with Crippen molar-refractivity contribution in [3.05, 3.63) is 30.0 Å². The lowest BCUT2D eigenvalue weighted by atomic mass is 9.95. The fourth-order valence-electron chi connectivity index (χ4n) is 3.69. The molecule has 1 fully saturated rings. The molecular formula is C19H27N3O. The number of H-pyrrole nitrogens is 1. The number of benzene rings is 1. The number of carbonyl (C=O) groups excluding carboxylic acids is 1. The second-order valence-corrected chi connectivity index (χ2v) is 7.27. The van der Waals surface area contributed by atoms with E-state index in [0.717, 1.165) is 36.0 Å². The number of nitrogens with one attached hydrogen (secondary N) is 1. The third-order valence-corrected chi connectivity index (χ3v) is 5.18. The molecule has 0 aliphatic carbocycles. The van der Waals surface area contributed by atoms with Crippen molar-refractivity contribution in [2.24, 2.45) is 11.8 Å². The lowest BCUT2D eigenvalue weighted by molar-refractivity contribution is -0.133. The van der Waals surface area contributed by atoms with Crippen LogP contribution in [0, 0.1) is 11.8 Å². The maximum Gasteiger partial charge on any atom is 0.228 e. The first kappa shape index (κ1) is 16.0. The summed E-state index contributed by atoms with van der Waals surface area (Å²) in [5.41, 5.74) is 1.87.